The summed E-state index contributed by atoms with van der Waals surface area (Å²) in [5.74, 6) is 0. The Morgan fingerprint density at radius 3 is 1.68 bits per heavy atom. The summed E-state index contributed by atoms with van der Waals surface area (Å²) < 4.78 is 120. The van der Waals surface area contributed by atoms with Gasteiger partial charge in [-0.1, -0.05) is 18.2 Å². The van der Waals surface area contributed by atoms with Gasteiger partial charge in [0.2, 0.25) is 0 Å². The van der Waals surface area contributed by atoms with Crippen LogP contribution in [0.4, 0.5) is 32.0 Å². The van der Waals surface area contributed by atoms with Crippen molar-refractivity contribution in [2.45, 2.75) is 11.9 Å². The van der Waals surface area contributed by atoms with Crippen LogP contribution < -0.4 is 3.71 Å². The van der Waals surface area contributed by atoms with Crippen molar-refractivity contribution in [1.82, 2.24) is 0 Å². The zero-order valence-corrected chi connectivity index (χ0v) is 11.6. The van der Waals surface area contributed by atoms with Crippen molar-refractivity contribution in [2.75, 3.05) is 3.71 Å². The molecular weight excluding hydrogens is 368 g/mol. The zero-order chi connectivity index (χ0) is 17.4. The van der Waals surface area contributed by atoms with Crippen LogP contribution in [0, 0.1) is 0 Å². The van der Waals surface area contributed by atoms with Crippen LogP contribution >= 0.6 is 0 Å². The van der Waals surface area contributed by atoms with E-state index in [1.165, 1.54) is 6.07 Å². The summed E-state index contributed by atoms with van der Waals surface area (Å²) in [6.45, 7) is 0. The van der Waals surface area contributed by atoms with Crippen LogP contribution in [0.3, 0.4) is 0 Å². The minimum Gasteiger partial charge on any atom is -0.196 e. The minimum absolute atomic E-state index is 0.542. The number of halogens is 6. The molecule has 126 valence electrons. The van der Waals surface area contributed by atoms with Gasteiger partial charge < -0.3 is 0 Å². The van der Waals surface area contributed by atoms with E-state index in [9.17, 15) is 43.2 Å². The molecular formula is C8H5F6NO5S2. The normalized spacial score (nSPS) is 13.9. The third-order valence-corrected chi connectivity index (χ3v) is 5.27. The molecule has 0 aliphatic heterocycles. The Hall–Kier alpha value is -1.54. The van der Waals surface area contributed by atoms with Gasteiger partial charge >= 0.3 is 32.2 Å². The molecule has 0 spiro atoms. The molecule has 6 nitrogen and oxygen atoms in total. The minimum atomic E-state index is -6.70. The summed E-state index contributed by atoms with van der Waals surface area (Å²) in [7, 11) is -13.1. The van der Waals surface area contributed by atoms with E-state index in [4.69, 9.17) is 0 Å². The Morgan fingerprint density at radius 2 is 1.32 bits per heavy atom. The van der Waals surface area contributed by atoms with Crippen LogP contribution in [0.5, 0.6) is 0 Å². The Bertz CT molecular complexity index is 725. The molecule has 0 N–H and O–H groups in total. The molecule has 1 aromatic carbocycles. The van der Waals surface area contributed by atoms with Gasteiger partial charge in [-0.3, -0.25) is 0 Å². The summed E-state index contributed by atoms with van der Waals surface area (Å²) in [4.78, 5) is 0. The van der Waals surface area contributed by atoms with Crippen molar-refractivity contribution in [3.8, 4) is 0 Å². The molecule has 22 heavy (non-hydrogen) atoms. The van der Waals surface area contributed by atoms with Crippen LogP contribution in [-0.2, 0) is 24.5 Å². The number of hydrogen-bond donors (Lipinski definition) is 0. The molecule has 0 radical (unpaired) electrons. The van der Waals surface area contributed by atoms with Gasteiger partial charge in [0.15, 0.2) is 0 Å². The van der Waals surface area contributed by atoms with Crippen LogP contribution in [-0.4, -0.2) is 28.7 Å². The van der Waals surface area contributed by atoms with Crippen LogP contribution in [0.1, 0.15) is 0 Å². The average molecular weight is 373 g/mol. The average Bonchev–Trinajstić information content (AvgIpc) is 2.24. The highest BCUT2D eigenvalue weighted by Gasteiger charge is 2.56. The molecule has 0 unspecified atom stereocenters. The van der Waals surface area contributed by atoms with E-state index in [0.29, 0.717) is 12.1 Å². The van der Waals surface area contributed by atoms with E-state index in [2.05, 4.69) is 4.18 Å². The lowest BCUT2D eigenvalue weighted by molar-refractivity contribution is -0.271. The monoisotopic (exact) mass is 373 g/mol. The van der Waals surface area contributed by atoms with Gasteiger partial charge in [-0.15, -0.1) is 16.9 Å². The molecule has 0 amide bonds. The zero-order valence-electron chi connectivity index (χ0n) is 9.96. The molecule has 1 aromatic rings. The Balaban J connectivity index is 3.58. The van der Waals surface area contributed by atoms with E-state index in [1.807, 2.05) is 0 Å². The first-order chi connectivity index (χ1) is 9.68. The highest BCUT2D eigenvalue weighted by molar-refractivity contribution is 8.08. The van der Waals surface area contributed by atoms with Gasteiger partial charge in [0.1, 0.15) is 0 Å². The predicted octanol–water partition coefficient (Wildman–Crippen LogP) is 2.12. The van der Waals surface area contributed by atoms with E-state index in [1.54, 1.807) is 0 Å². The second kappa shape index (κ2) is 5.58. The lowest BCUT2D eigenvalue weighted by Gasteiger charge is -2.24. The molecule has 0 atom stereocenters. The number of alkyl halides is 6. The van der Waals surface area contributed by atoms with Crippen LogP contribution in [0.2, 0.25) is 0 Å². The molecule has 0 aliphatic carbocycles. The third kappa shape index (κ3) is 4.01. The predicted molar refractivity (Wildman–Crippen MR) is 60.0 cm³/mol. The summed E-state index contributed by atoms with van der Waals surface area (Å²) in [6, 6.07) is 4.08. The van der Waals surface area contributed by atoms with Gasteiger partial charge in [0.25, 0.3) is 0 Å². The third-order valence-electron chi connectivity index (χ3n) is 1.88. The maximum Gasteiger partial charge on any atom is 0.538 e. The number of nitrogens with zero attached hydrogens (tertiary/aromatic N) is 1. The van der Waals surface area contributed by atoms with Crippen molar-refractivity contribution in [3.63, 3.8) is 0 Å². The molecule has 14 heteroatoms. The summed E-state index contributed by atoms with van der Waals surface area (Å²) in [5, 5.41) is 0. The van der Waals surface area contributed by atoms with E-state index >= 15 is 0 Å². The second-order valence-electron chi connectivity index (χ2n) is 3.47. The Labute approximate surface area is 120 Å². The van der Waals surface area contributed by atoms with E-state index in [-0.39, 0.29) is 0 Å². The van der Waals surface area contributed by atoms with E-state index in [0.717, 1.165) is 12.1 Å². The molecule has 0 saturated carbocycles. The Kier molecular flexibility index (Phi) is 4.70. The summed E-state index contributed by atoms with van der Waals surface area (Å²) in [6.07, 6.45) is -5.92. The molecule has 0 aromatic heterocycles. The standard InChI is InChI=1S/C8H5F6NO5S2/c9-7(10,11)20-22(18,19)15(6-4-2-1-3-5-6)21(16,17)8(12,13)14/h1-5H. The number of benzene rings is 1. The first-order valence-corrected chi connectivity index (χ1v) is 7.68. The van der Waals surface area contributed by atoms with Gasteiger partial charge in [0.05, 0.1) is 5.69 Å². The van der Waals surface area contributed by atoms with Crippen LogP contribution in [0.15, 0.2) is 30.3 Å². The highest BCUT2D eigenvalue weighted by Crippen LogP contribution is 2.35. The van der Waals surface area contributed by atoms with Crippen molar-refractivity contribution < 1.29 is 47.4 Å². The van der Waals surface area contributed by atoms with E-state index < -0.39 is 41.6 Å². The largest absolute Gasteiger partial charge is 0.538 e. The van der Waals surface area contributed by atoms with Gasteiger partial charge in [0, 0.05) is 0 Å². The molecule has 0 heterocycles. The highest BCUT2D eigenvalue weighted by atomic mass is 32.3. The molecule has 0 aliphatic rings. The maximum absolute atomic E-state index is 12.5. The molecule has 1 rings (SSSR count). The molecule has 0 saturated heterocycles. The number of para-hydroxylation sites is 1. The second-order valence-corrected chi connectivity index (χ2v) is 6.87. The van der Waals surface area contributed by atoms with Gasteiger partial charge in [-0.25, -0.2) is 0 Å². The SMILES string of the molecule is O=S(=O)(OC(F)(F)F)N(c1ccccc1)S(=O)(=O)C(F)(F)F. The van der Waals surface area contributed by atoms with Crippen LogP contribution in [0.25, 0.3) is 0 Å². The maximum atomic E-state index is 12.5. The number of rotatable bonds is 4. The first-order valence-electron chi connectivity index (χ1n) is 4.87. The number of hydrogen-bond acceptors (Lipinski definition) is 5. The lowest BCUT2D eigenvalue weighted by Crippen LogP contribution is -2.46. The number of anilines is 1. The van der Waals surface area contributed by atoms with Crippen molar-refractivity contribution in [1.29, 1.82) is 0 Å². The fraction of sp³-hybridized carbons (Fsp3) is 0.250. The molecule has 0 fully saturated rings. The van der Waals surface area contributed by atoms with Gasteiger partial charge in [-0.2, -0.15) is 34.2 Å². The summed E-state index contributed by atoms with van der Waals surface area (Å²) in [5.41, 5.74) is -7.38. The topological polar surface area (TPSA) is 80.8 Å². The summed E-state index contributed by atoms with van der Waals surface area (Å²) >= 11 is 0. The van der Waals surface area contributed by atoms with Crippen molar-refractivity contribution in [3.05, 3.63) is 30.3 Å². The lowest BCUT2D eigenvalue weighted by atomic mass is 10.3. The fourth-order valence-corrected chi connectivity index (χ4v) is 3.77. The quantitative estimate of drug-likeness (QED) is 0.756. The smallest absolute Gasteiger partial charge is 0.196 e. The molecule has 0 bridgehead atoms. The first kappa shape index (κ1) is 18.5. The van der Waals surface area contributed by atoms with Gasteiger partial charge in [-0.05, 0) is 12.1 Å². The van der Waals surface area contributed by atoms with Crippen molar-refractivity contribution >= 4 is 26.0 Å². The Morgan fingerprint density at radius 1 is 0.864 bits per heavy atom. The fourth-order valence-electron chi connectivity index (χ4n) is 1.19. The van der Waals surface area contributed by atoms with Crippen molar-refractivity contribution in [2.24, 2.45) is 0 Å². The number of sulfonamides is 1.